The zero-order chi connectivity index (χ0) is 25.3. The maximum atomic E-state index is 13.1. The first-order valence-corrected chi connectivity index (χ1v) is 11.5. The molecule has 0 bridgehead atoms. The first-order valence-electron chi connectivity index (χ1n) is 11.5. The molecule has 0 spiro atoms. The molecule has 1 aliphatic rings. The van der Waals surface area contributed by atoms with Crippen molar-refractivity contribution in [1.29, 1.82) is 0 Å². The summed E-state index contributed by atoms with van der Waals surface area (Å²) in [5.41, 5.74) is 0.918. The molecule has 0 saturated carbocycles. The van der Waals surface area contributed by atoms with Crippen LogP contribution >= 0.6 is 0 Å². The van der Waals surface area contributed by atoms with Crippen molar-refractivity contribution >= 4 is 18.0 Å². The lowest BCUT2D eigenvalue weighted by molar-refractivity contribution is -0.152. The van der Waals surface area contributed by atoms with Gasteiger partial charge < -0.3 is 20.5 Å². The summed E-state index contributed by atoms with van der Waals surface area (Å²) in [5.74, 6) is -1.58. The summed E-state index contributed by atoms with van der Waals surface area (Å²) < 4.78 is 5.60. The molecule has 7 nitrogen and oxygen atoms in total. The lowest BCUT2D eigenvalue weighted by atomic mass is 9.74. The van der Waals surface area contributed by atoms with Crippen molar-refractivity contribution in [2.24, 2.45) is 5.41 Å². The molecule has 182 valence electrons. The molecule has 0 aliphatic heterocycles. The van der Waals surface area contributed by atoms with Crippen LogP contribution in [-0.2, 0) is 14.3 Å². The number of alkyl carbamates (subject to hydrolysis) is 1. The first-order chi connectivity index (χ1) is 15.8. The fourth-order valence-electron chi connectivity index (χ4n) is 4.01. The standard InChI is InChI=1S/C27H34N2O5/c1-7-27(6,22(30)28-26(4,5)25(2,3)23(31)32)29-24(33)34-16-21-19-14-10-8-12-17(19)18-13-9-11-15-20(18)21/h8-15,21H,7,16H2,1-6H3,(H,28,30)(H,29,33)(H,31,32). The summed E-state index contributed by atoms with van der Waals surface area (Å²) in [4.78, 5) is 37.6. The first kappa shape index (κ1) is 25.3. The zero-order valence-corrected chi connectivity index (χ0v) is 20.7. The number of fused-ring (bicyclic) bond motifs is 3. The minimum atomic E-state index is -1.27. The molecular formula is C27H34N2O5. The highest BCUT2D eigenvalue weighted by atomic mass is 16.5. The van der Waals surface area contributed by atoms with Gasteiger partial charge in [0, 0.05) is 5.92 Å². The monoisotopic (exact) mass is 466 g/mol. The minimum Gasteiger partial charge on any atom is -0.481 e. The number of rotatable bonds is 8. The van der Waals surface area contributed by atoms with Crippen molar-refractivity contribution in [2.75, 3.05) is 6.61 Å². The van der Waals surface area contributed by atoms with E-state index in [2.05, 4.69) is 22.8 Å². The van der Waals surface area contributed by atoms with Crippen LogP contribution in [0.2, 0.25) is 0 Å². The summed E-state index contributed by atoms with van der Waals surface area (Å²) in [6.45, 7) is 9.94. The third kappa shape index (κ3) is 4.52. The molecule has 0 fully saturated rings. The van der Waals surface area contributed by atoms with Gasteiger partial charge in [-0.1, -0.05) is 55.5 Å². The van der Waals surface area contributed by atoms with Crippen molar-refractivity contribution in [2.45, 2.75) is 65.0 Å². The number of carboxylic acids is 1. The van der Waals surface area contributed by atoms with Gasteiger partial charge in [0.1, 0.15) is 12.1 Å². The van der Waals surface area contributed by atoms with E-state index in [-0.39, 0.29) is 12.5 Å². The predicted molar refractivity (Wildman–Crippen MR) is 131 cm³/mol. The van der Waals surface area contributed by atoms with E-state index in [1.54, 1.807) is 41.5 Å². The Kier molecular flexibility index (Phi) is 6.78. The van der Waals surface area contributed by atoms with Crippen LogP contribution in [0, 0.1) is 5.41 Å². The van der Waals surface area contributed by atoms with Crippen molar-refractivity contribution in [3.63, 3.8) is 0 Å². The van der Waals surface area contributed by atoms with Crippen LogP contribution in [-0.4, -0.2) is 40.8 Å². The van der Waals surface area contributed by atoms with E-state index in [1.807, 2.05) is 36.4 Å². The normalized spacial score (nSPS) is 15.0. The molecule has 0 saturated heterocycles. The quantitative estimate of drug-likeness (QED) is 0.523. The fourth-order valence-corrected chi connectivity index (χ4v) is 4.01. The maximum Gasteiger partial charge on any atom is 0.408 e. The Hall–Kier alpha value is -3.35. The van der Waals surface area contributed by atoms with Gasteiger partial charge in [0.25, 0.3) is 0 Å². The minimum absolute atomic E-state index is 0.0878. The van der Waals surface area contributed by atoms with Crippen LogP contribution in [0.5, 0.6) is 0 Å². The summed E-state index contributed by atoms with van der Waals surface area (Å²) in [7, 11) is 0. The summed E-state index contributed by atoms with van der Waals surface area (Å²) in [6.07, 6.45) is -0.399. The molecule has 3 N–H and O–H groups in total. The largest absolute Gasteiger partial charge is 0.481 e. The number of aliphatic carboxylic acids is 1. The second-order valence-corrected chi connectivity index (χ2v) is 10.1. The molecule has 34 heavy (non-hydrogen) atoms. The molecule has 2 amide bonds. The number of carboxylic acid groups (broad SMARTS) is 1. The Morgan fingerprint density at radius 1 is 0.882 bits per heavy atom. The third-order valence-corrected chi connectivity index (χ3v) is 7.45. The summed E-state index contributed by atoms with van der Waals surface area (Å²) in [6, 6.07) is 16.1. The molecule has 1 aliphatic carbocycles. The molecule has 0 heterocycles. The number of benzene rings is 2. The second kappa shape index (κ2) is 9.12. The van der Waals surface area contributed by atoms with Gasteiger partial charge in [0.05, 0.1) is 11.0 Å². The van der Waals surface area contributed by atoms with Crippen molar-refractivity contribution in [3.05, 3.63) is 59.7 Å². The SMILES string of the molecule is CCC(C)(NC(=O)OCC1c2ccccc2-c2ccccc21)C(=O)NC(C)(C)C(C)(C)C(=O)O. The highest BCUT2D eigenvalue weighted by Crippen LogP contribution is 2.44. The van der Waals surface area contributed by atoms with Crippen LogP contribution < -0.4 is 10.6 Å². The number of hydrogen-bond acceptors (Lipinski definition) is 4. The van der Waals surface area contributed by atoms with Crippen LogP contribution in [0.1, 0.15) is 65.0 Å². The topological polar surface area (TPSA) is 105 Å². The van der Waals surface area contributed by atoms with Gasteiger partial charge in [-0.15, -0.1) is 0 Å². The van der Waals surface area contributed by atoms with Crippen molar-refractivity contribution in [1.82, 2.24) is 10.6 Å². The second-order valence-electron chi connectivity index (χ2n) is 10.1. The Balaban J connectivity index is 1.70. The van der Waals surface area contributed by atoms with E-state index in [4.69, 9.17) is 4.74 Å². The average Bonchev–Trinajstić information content (AvgIpc) is 3.10. The lowest BCUT2D eigenvalue weighted by Crippen LogP contribution is -2.64. The van der Waals surface area contributed by atoms with Crippen LogP contribution in [0.3, 0.4) is 0 Å². The van der Waals surface area contributed by atoms with Gasteiger partial charge in [-0.05, 0) is 63.3 Å². The van der Waals surface area contributed by atoms with Crippen molar-refractivity contribution in [3.8, 4) is 11.1 Å². The number of hydrogen-bond donors (Lipinski definition) is 3. The number of nitrogens with one attached hydrogen (secondary N) is 2. The number of amides is 2. The summed E-state index contributed by atoms with van der Waals surface area (Å²) in [5, 5.41) is 15.1. The number of carbonyl (C=O) groups is 3. The molecule has 3 rings (SSSR count). The van der Waals surface area contributed by atoms with Crippen LogP contribution in [0.15, 0.2) is 48.5 Å². The van der Waals surface area contributed by atoms with Gasteiger partial charge in [-0.2, -0.15) is 0 Å². The predicted octanol–water partition coefficient (Wildman–Crippen LogP) is 4.70. The highest BCUT2D eigenvalue weighted by Gasteiger charge is 2.47. The van der Waals surface area contributed by atoms with E-state index in [1.165, 1.54) is 0 Å². The zero-order valence-electron chi connectivity index (χ0n) is 20.7. The summed E-state index contributed by atoms with van der Waals surface area (Å²) >= 11 is 0. The maximum absolute atomic E-state index is 13.1. The van der Waals surface area contributed by atoms with Gasteiger partial charge >= 0.3 is 12.1 Å². The van der Waals surface area contributed by atoms with E-state index in [0.29, 0.717) is 6.42 Å². The van der Waals surface area contributed by atoms with E-state index < -0.39 is 34.5 Å². The molecule has 2 aromatic carbocycles. The Bertz CT molecular complexity index is 1060. The molecular weight excluding hydrogens is 432 g/mol. The average molecular weight is 467 g/mol. The molecule has 0 aromatic heterocycles. The van der Waals surface area contributed by atoms with Gasteiger partial charge in [0.2, 0.25) is 5.91 Å². The lowest BCUT2D eigenvalue weighted by Gasteiger charge is -2.41. The Morgan fingerprint density at radius 3 is 1.85 bits per heavy atom. The van der Waals surface area contributed by atoms with E-state index in [0.717, 1.165) is 22.3 Å². The van der Waals surface area contributed by atoms with Gasteiger partial charge in [-0.3, -0.25) is 9.59 Å². The van der Waals surface area contributed by atoms with Gasteiger partial charge in [0.15, 0.2) is 0 Å². The Morgan fingerprint density at radius 2 is 1.38 bits per heavy atom. The molecule has 7 heteroatoms. The van der Waals surface area contributed by atoms with E-state index >= 15 is 0 Å². The van der Waals surface area contributed by atoms with Crippen molar-refractivity contribution < 1.29 is 24.2 Å². The third-order valence-electron chi connectivity index (χ3n) is 7.45. The highest BCUT2D eigenvalue weighted by molar-refractivity contribution is 5.91. The van der Waals surface area contributed by atoms with E-state index in [9.17, 15) is 19.5 Å². The van der Waals surface area contributed by atoms with Crippen LogP contribution in [0.25, 0.3) is 11.1 Å². The number of carbonyl (C=O) groups excluding carboxylic acids is 2. The molecule has 1 atom stereocenters. The molecule has 2 aromatic rings. The molecule has 1 unspecified atom stereocenters. The smallest absolute Gasteiger partial charge is 0.408 e. The van der Waals surface area contributed by atoms with Gasteiger partial charge in [-0.25, -0.2) is 4.79 Å². The Labute approximate surface area is 200 Å². The van der Waals surface area contributed by atoms with Crippen LogP contribution in [0.4, 0.5) is 4.79 Å². The fraction of sp³-hybridized carbons (Fsp3) is 0.444. The number of ether oxygens (including phenoxy) is 1. The molecule has 0 radical (unpaired) electrons.